The zero-order chi connectivity index (χ0) is 28.9. The molecule has 0 aromatic heterocycles. The Morgan fingerprint density at radius 3 is 1.86 bits per heavy atom. The van der Waals surface area contributed by atoms with Crippen LogP contribution in [0.3, 0.4) is 0 Å². The number of nitro benzene ring substituents is 2. The molecule has 2 aliphatic carbocycles. The number of non-ortho nitro benzene ring substituents is 1. The number of nitro groups is 2. The van der Waals surface area contributed by atoms with E-state index in [2.05, 4.69) is 0 Å². The molecule has 0 radical (unpaired) electrons. The highest BCUT2D eigenvalue weighted by molar-refractivity contribution is 6.29. The van der Waals surface area contributed by atoms with E-state index in [1.54, 1.807) is 54.6 Å². The zero-order valence-electron chi connectivity index (χ0n) is 21.6. The van der Waals surface area contributed by atoms with Crippen molar-refractivity contribution in [2.24, 2.45) is 0 Å². The lowest BCUT2D eigenvalue weighted by Gasteiger charge is -2.23. The Morgan fingerprint density at radius 2 is 1.12 bits per heavy atom. The van der Waals surface area contributed by atoms with E-state index in [9.17, 15) is 29.8 Å². The van der Waals surface area contributed by atoms with E-state index in [1.165, 1.54) is 18.2 Å². The van der Waals surface area contributed by atoms with E-state index < -0.39 is 9.85 Å². The maximum Gasteiger partial charge on any atom is 0.285 e. The summed E-state index contributed by atoms with van der Waals surface area (Å²) < 4.78 is 0. The van der Waals surface area contributed by atoms with Crippen LogP contribution in [-0.4, -0.2) is 21.4 Å². The van der Waals surface area contributed by atoms with Crippen LogP contribution in [0.4, 0.5) is 11.4 Å². The van der Waals surface area contributed by atoms with Gasteiger partial charge in [-0.1, -0.05) is 54.6 Å². The fourth-order valence-corrected chi connectivity index (χ4v) is 6.55. The third-order valence-electron chi connectivity index (χ3n) is 8.30. The van der Waals surface area contributed by atoms with Gasteiger partial charge in [-0.25, -0.2) is 0 Å². The van der Waals surface area contributed by atoms with Gasteiger partial charge in [0.1, 0.15) is 0 Å². The summed E-state index contributed by atoms with van der Waals surface area (Å²) >= 11 is 0. The van der Waals surface area contributed by atoms with Gasteiger partial charge < -0.3 is 0 Å². The van der Waals surface area contributed by atoms with Gasteiger partial charge in [0.05, 0.1) is 20.8 Å². The molecule has 0 N–H and O–H groups in total. The van der Waals surface area contributed by atoms with Gasteiger partial charge in [-0.2, -0.15) is 0 Å². The molecule has 0 atom stereocenters. The monoisotopic (exact) mass is 548 g/mol. The van der Waals surface area contributed by atoms with Crippen molar-refractivity contribution in [2.75, 3.05) is 0 Å². The molecular formula is C34H16N2O6. The standard InChI is InChI=1S/C34H16N2O6/c37-33-21-7-2-1-6-20(21)29-16-26(32(36(41)42)23-8-4-10-25(33)31(23)29)18-13-17-5-3-9-24-30(17)28(14-18)27-15-19(35(39)40)11-12-22(27)34(24)38/h1-16H. The van der Waals surface area contributed by atoms with Crippen LogP contribution in [0.25, 0.3) is 54.9 Å². The summed E-state index contributed by atoms with van der Waals surface area (Å²) in [6.45, 7) is 0. The molecule has 0 spiro atoms. The molecule has 198 valence electrons. The molecular weight excluding hydrogens is 532 g/mol. The minimum Gasteiger partial charge on any atom is -0.289 e. The van der Waals surface area contributed by atoms with Crippen LogP contribution in [0.1, 0.15) is 31.8 Å². The van der Waals surface area contributed by atoms with Crippen molar-refractivity contribution >= 4 is 44.5 Å². The minimum absolute atomic E-state index is 0.142. The first-order valence-electron chi connectivity index (χ1n) is 13.1. The van der Waals surface area contributed by atoms with Gasteiger partial charge in [0.2, 0.25) is 0 Å². The van der Waals surface area contributed by atoms with Crippen molar-refractivity contribution in [2.45, 2.75) is 0 Å². The van der Waals surface area contributed by atoms with E-state index in [4.69, 9.17) is 0 Å². The minimum atomic E-state index is -0.512. The fourth-order valence-electron chi connectivity index (χ4n) is 6.55. The van der Waals surface area contributed by atoms with Crippen molar-refractivity contribution in [3.05, 3.63) is 140 Å². The number of benzene rings is 6. The molecule has 0 saturated heterocycles. The Morgan fingerprint density at radius 1 is 0.476 bits per heavy atom. The van der Waals surface area contributed by atoms with Crippen LogP contribution in [0.5, 0.6) is 0 Å². The molecule has 8 heteroatoms. The Bertz CT molecular complexity index is 2300. The highest BCUT2D eigenvalue weighted by Crippen LogP contribution is 2.49. The van der Waals surface area contributed by atoms with Gasteiger partial charge in [-0.3, -0.25) is 29.8 Å². The average Bonchev–Trinajstić information content (AvgIpc) is 3.01. The summed E-state index contributed by atoms with van der Waals surface area (Å²) in [7, 11) is 0. The average molecular weight is 549 g/mol. The van der Waals surface area contributed by atoms with Gasteiger partial charge in [0.15, 0.2) is 11.6 Å². The molecule has 0 heterocycles. The first-order chi connectivity index (χ1) is 20.3. The third-order valence-corrected chi connectivity index (χ3v) is 8.30. The molecule has 0 amide bonds. The van der Waals surface area contributed by atoms with Gasteiger partial charge in [-0.05, 0) is 58.0 Å². The normalized spacial score (nSPS) is 12.8. The molecule has 8 nitrogen and oxygen atoms in total. The summed E-state index contributed by atoms with van der Waals surface area (Å²) in [5, 5.41) is 26.6. The van der Waals surface area contributed by atoms with Crippen molar-refractivity contribution in [3.63, 3.8) is 0 Å². The van der Waals surface area contributed by atoms with Crippen molar-refractivity contribution in [1.82, 2.24) is 0 Å². The Hall–Kier alpha value is -6.02. The smallest absolute Gasteiger partial charge is 0.285 e. The van der Waals surface area contributed by atoms with Crippen LogP contribution in [-0.2, 0) is 0 Å². The number of fused-ring (bicyclic) bond motifs is 4. The Balaban J connectivity index is 1.51. The molecule has 2 aliphatic rings. The molecule has 0 saturated carbocycles. The van der Waals surface area contributed by atoms with Crippen LogP contribution in [0.15, 0.2) is 97.1 Å². The first kappa shape index (κ1) is 23.8. The summed E-state index contributed by atoms with van der Waals surface area (Å²) in [5.74, 6) is -0.419. The highest BCUT2D eigenvalue weighted by Gasteiger charge is 2.32. The number of hydrogen-bond donors (Lipinski definition) is 0. The molecule has 6 aromatic rings. The molecule has 8 rings (SSSR count). The zero-order valence-corrected chi connectivity index (χ0v) is 21.6. The van der Waals surface area contributed by atoms with E-state index >= 15 is 0 Å². The first-order valence-corrected chi connectivity index (χ1v) is 13.1. The van der Waals surface area contributed by atoms with Crippen LogP contribution in [0.2, 0.25) is 0 Å². The number of carbonyl (C=O) groups excluding carboxylic acids is 2. The van der Waals surface area contributed by atoms with Crippen molar-refractivity contribution in [1.29, 1.82) is 0 Å². The number of nitrogens with zero attached hydrogens (tertiary/aromatic N) is 2. The highest BCUT2D eigenvalue weighted by atomic mass is 16.6. The molecule has 0 bridgehead atoms. The summed E-state index contributed by atoms with van der Waals surface area (Å²) in [6, 6.07) is 27.0. The van der Waals surface area contributed by atoms with Gasteiger partial charge >= 0.3 is 0 Å². The maximum atomic E-state index is 13.4. The SMILES string of the molecule is O=C1c2ccc([N+](=O)[O-])cc2-c2cc(-c3cc4c5c(cccc5c3[N+](=O)[O-])C(=O)c3ccccc3-4)cc3cccc1c23. The maximum absolute atomic E-state index is 13.4. The van der Waals surface area contributed by atoms with Gasteiger partial charge in [0.25, 0.3) is 11.4 Å². The Kier molecular flexibility index (Phi) is 4.68. The van der Waals surface area contributed by atoms with Crippen LogP contribution in [0, 0.1) is 20.2 Å². The quantitative estimate of drug-likeness (QED) is 0.163. The lowest BCUT2D eigenvalue weighted by Crippen LogP contribution is -2.11. The summed E-state index contributed by atoms with van der Waals surface area (Å²) in [4.78, 5) is 50.2. The second kappa shape index (κ2) is 8.25. The van der Waals surface area contributed by atoms with Crippen LogP contribution < -0.4 is 0 Å². The summed E-state index contributed by atoms with van der Waals surface area (Å²) in [5.41, 5.74) is 4.70. The molecule has 42 heavy (non-hydrogen) atoms. The second-order valence-corrected chi connectivity index (χ2v) is 10.4. The predicted octanol–water partition coefficient (Wildman–Crippen LogP) is 7.90. The van der Waals surface area contributed by atoms with Crippen LogP contribution >= 0.6 is 0 Å². The number of carbonyl (C=O) groups is 2. The molecule has 6 aromatic carbocycles. The van der Waals surface area contributed by atoms with E-state index in [1.807, 2.05) is 24.3 Å². The lowest BCUT2D eigenvalue weighted by atomic mass is 9.79. The second-order valence-electron chi connectivity index (χ2n) is 10.4. The Labute approximate surface area is 236 Å². The van der Waals surface area contributed by atoms with E-state index in [0.717, 1.165) is 0 Å². The predicted molar refractivity (Wildman–Crippen MR) is 158 cm³/mol. The van der Waals surface area contributed by atoms with Crippen molar-refractivity contribution < 1.29 is 19.4 Å². The fraction of sp³-hybridized carbons (Fsp3) is 0. The molecule has 0 unspecified atom stereocenters. The number of hydrogen-bond acceptors (Lipinski definition) is 6. The molecule has 0 fully saturated rings. The van der Waals surface area contributed by atoms with E-state index in [-0.39, 0.29) is 22.9 Å². The van der Waals surface area contributed by atoms with Gasteiger partial charge in [-0.15, -0.1) is 0 Å². The summed E-state index contributed by atoms with van der Waals surface area (Å²) in [6.07, 6.45) is 0. The van der Waals surface area contributed by atoms with Gasteiger partial charge in [0, 0.05) is 50.7 Å². The lowest BCUT2D eigenvalue weighted by molar-refractivity contribution is -0.384. The van der Waals surface area contributed by atoms with E-state index in [0.29, 0.717) is 77.2 Å². The topological polar surface area (TPSA) is 120 Å². The number of rotatable bonds is 3. The number of ketones is 2. The van der Waals surface area contributed by atoms with Crippen molar-refractivity contribution in [3.8, 4) is 33.4 Å². The third kappa shape index (κ3) is 3.06. The molecule has 0 aliphatic heterocycles. The largest absolute Gasteiger partial charge is 0.289 e.